The summed E-state index contributed by atoms with van der Waals surface area (Å²) in [6.45, 7) is 0. The van der Waals surface area contributed by atoms with Crippen LogP contribution in [-0.2, 0) is 6.42 Å². The molecule has 2 saturated carbocycles. The van der Waals surface area contributed by atoms with Crippen molar-refractivity contribution in [3.8, 4) is 5.75 Å². The summed E-state index contributed by atoms with van der Waals surface area (Å²) in [7, 11) is 0. The van der Waals surface area contributed by atoms with Crippen molar-refractivity contribution >= 4 is 27.5 Å². The Kier molecular flexibility index (Phi) is 2.88. The lowest BCUT2D eigenvalue weighted by molar-refractivity contribution is 0.194. The first-order chi connectivity index (χ1) is 12.3. The molecule has 2 aliphatic carbocycles. The maximum atomic E-state index is 8.34. The van der Waals surface area contributed by atoms with Crippen LogP contribution in [0, 0.1) is 11.8 Å². The quantitative estimate of drug-likeness (QED) is 0.643. The highest BCUT2D eigenvalue weighted by atomic mass is 79.9. The Balaban J connectivity index is 1.66. The highest BCUT2D eigenvalue weighted by Crippen LogP contribution is 2.52. The monoisotopic (exact) mass is 380 g/mol. The summed E-state index contributed by atoms with van der Waals surface area (Å²) in [6.07, 6.45) is 3.43. The van der Waals surface area contributed by atoms with Crippen molar-refractivity contribution in [2.45, 2.75) is 31.8 Å². The van der Waals surface area contributed by atoms with E-state index in [2.05, 4.69) is 15.9 Å². The lowest BCUT2D eigenvalue weighted by atomic mass is 10.0. The van der Waals surface area contributed by atoms with Gasteiger partial charge in [-0.1, -0.05) is 39.6 Å². The SMILES string of the molecule is [2H]c1c([2H])c(OC2C[C@@H]3C[C@@H]3C2)c([2H])c([2H])c1Cc1cc(Br)ccc1Cl. The number of rotatable bonds is 4. The zero-order valence-corrected chi connectivity index (χ0v) is 14.3. The van der Waals surface area contributed by atoms with Crippen LogP contribution in [0.15, 0.2) is 46.8 Å². The largest absolute Gasteiger partial charge is 0.490 e. The summed E-state index contributed by atoms with van der Waals surface area (Å²) in [6, 6.07) is 5.09. The van der Waals surface area contributed by atoms with Crippen LogP contribution < -0.4 is 4.74 Å². The van der Waals surface area contributed by atoms with Crippen molar-refractivity contribution in [2.75, 3.05) is 0 Å². The van der Waals surface area contributed by atoms with E-state index < -0.39 is 0 Å². The highest BCUT2D eigenvalue weighted by Gasteiger charge is 2.46. The molecule has 114 valence electrons. The minimum Gasteiger partial charge on any atom is -0.490 e. The lowest BCUT2D eigenvalue weighted by Crippen LogP contribution is -2.13. The first-order valence-corrected chi connectivity index (χ1v) is 8.72. The smallest absolute Gasteiger partial charge is 0.119 e. The normalized spacial score (nSPS) is 28.4. The molecule has 0 aromatic heterocycles. The van der Waals surface area contributed by atoms with E-state index in [1.807, 2.05) is 12.1 Å². The van der Waals surface area contributed by atoms with Crippen LogP contribution >= 0.6 is 27.5 Å². The fourth-order valence-corrected chi connectivity index (χ4v) is 3.86. The molecule has 2 aromatic rings. The molecular weight excluding hydrogens is 360 g/mol. The molecule has 0 saturated heterocycles. The second kappa shape index (κ2) is 5.90. The van der Waals surface area contributed by atoms with Gasteiger partial charge in [-0.05, 0) is 78.9 Å². The van der Waals surface area contributed by atoms with Gasteiger partial charge in [-0.3, -0.25) is 0 Å². The van der Waals surface area contributed by atoms with E-state index in [1.54, 1.807) is 6.07 Å². The van der Waals surface area contributed by atoms with Crippen molar-refractivity contribution in [2.24, 2.45) is 11.8 Å². The maximum Gasteiger partial charge on any atom is 0.119 e. The van der Waals surface area contributed by atoms with Crippen LogP contribution in [0.1, 0.15) is 35.9 Å². The van der Waals surface area contributed by atoms with Crippen molar-refractivity contribution in [3.63, 3.8) is 0 Å². The van der Waals surface area contributed by atoms with E-state index in [9.17, 15) is 0 Å². The molecule has 3 heteroatoms. The fourth-order valence-electron chi connectivity index (χ4n) is 3.27. The molecule has 2 fully saturated rings. The van der Waals surface area contributed by atoms with E-state index in [-0.39, 0.29) is 42.4 Å². The zero-order valence-electron chi connectivity index (χ0n) is 16.0. The molecule has 2 aromatic carbocycles. The molecule has 2 aliphatic rings. The van der Waals surface area contributed by atoms with Gasteiger partial charge in [0.1, 0.15) is 5.75 Å². The Labute approximate surface area is 150 Å². The number of benzene rings is 2. The summed E-state index contributed by atoms with van der Waals surface area (Å²) in [5, 5.41) is 0.538. The molecule has 0 amide bonds. The molecule has 1 unspecified atom stereocenters. The van der Waals surface area contributed by atoms with Gasteiger partial charge in [0.2, 0.25) is 0 Å². The van der Waals surface area contributed by atoms with Crippen LogP contribution in [0.25, 0.3) is 0 Å². The number of hydrogen-bond donors (Lipinski definition) is 0. The first kappa shape index (κ1) is 10.7. The van der Waals surface area contributed by atoms with E-state index >= 15 is 0 Å². The second-order valence-electron chi connectivity index (χ2n) is 6.19. The Hall–Kier alpha value is -0.990. The summed E-state index contributed by atoms with van der Waals surface area (Å²) in [5.41, 5.74) is 1.09. The predicted octanol–water partition coefficient (Wildman–Crippen LogP) is 5.87. The third-order valence-electron chi connectivity index (χ3n) is 4.51. The van der Waals surface area contributed by atoms with E-state index in [1.165, 1.54) is 6.42 Å². The standard InChI is InChI=1S/C19H18BrClO/c20-16-3-6-19(21)15(9-16)7-12-1-4-17(5-2-12)22-18-10-13-8-14(13)11-18/h1-6,9,13-14,18H,7-8,10-11H2/t13-,14+,18?/i1D,2D,4D,5D. The second-order valence-corrected chi connectivity index (χ2v) is 7.51. The molecule has 0 N–H and O–H groups in total. The molecule has 4 rings (SSSR count). The first-order valence-electron chi connectivity index (χ1n) is 9.55. The van der Waals surface area contributed by atoms with E-state index in [0.29, 0.717) is 10.6 Å². The van der Waals surface area contributed by atoms with Gasteiger partial charge in [-0.2, -0.15) is 0 Å². The molecule has 1 nitrogen and oxygen atoms in total. The molecule has 0 heterocycles. The molecule has 0 aliphatic heterocycles. The maximum absolute atomic E-state index is 8.34. The average Bonchev–Trinajstić information content (AvgIpc) is 3.23. The Bertz CT molecular complexity index is 849. The summed E-state index contributed by atoms with van der Waals surface area (Å²) >= 11 is 9.63. The summed E-state index contributed by atoms with van der Waals surface area (Å²) < 4.78 is 40.0. The molecule has 0 bridgehead atoms. The van der Waals surface area contributed by atoms with Crippen LogP contribution in [0.2, 0.25) is 5.02 Å². The average molecular weight is 382 g/mol. The number of ether oxygens (including phenoxy) is 1. The topological polar surface area (TPSA) is 9.23 Å². The van der Waals surface area contributed by atoms with E-state index in [4.69, 9.17) is 21.8 Å². The predicted molar refractivity (Wildman–Crippen MR) is 93.6 cm³/mol. The van der Waals surface area contributed by atoms with Crippen molar-refractivity contribution in [3.05, 3.63) is 63.0 Å². The Morgan fingerprint density at radius 3 is 2.59 bits per heavy atom. The molecule has 0 radical (unpaired) electrons. The third kappa shape index (κ3) is 3.18. The van der Waals surface area contributed by atoms with Crippen LogP contribution in [0.3, 0.4) is 0 Å². The summed E-state index contributed by atoms with van der Waals surface area (Å²) in [4.78, 5) is 0. The fraction of sp³-hybridized carbons (Fsp3) is 0.368. The zero-order chi connectivity index (χ0) is 18.6. The van der Waals surface area contributed by atoms with Gasteiger partial charge in [0.15, 0.2) is 0 Å². The van der Waals surface area contributed by atoms with Gasteiger partial charge < -0.3 is 4.74 Å². The minimum atomic E-state index is -0.104. The highest BCUT2D eigenvalue weighted by molar-refractivity contribution is 9.10. The Morgan fingerprint density at radius 2 is 1.86 bits per heavy atom. The van der Waals surface area contributed by atoms with Gasteiger partial charge in [0.05, 0.1) is 11.6 Å². The summed E-state index contributed by atoms with van der Waals surface area (Å²) in [5.74, 6) is 1.54. The number of halogens is 2. The van der Waals surface area contributed by atoms with Crippen molar-refractivity contribution in [1.82, 2.24) is 0 Å². The number of fused-ring (bicyclic) bond motifs is 1. The van der Waals surface area contributed by atoms with Gasteiger partial charge in [-0.15, -0.1) is 0 Å². The lowest BCUT2D eigenvalue weighted by Gasteiger charge is -2.15. The third-order valence-corrected chi connectivity index (χ3v) is 5.38. The van der Waals surface area contributed by atoms with Crippen LogP contribution in [0.5, 0.6) is 5.75 Å². The Morgan fingerprint density at radius 1 is 1.14 bits per heavy atom. The molecule has 22 heavy (non-hydrogen) atoms. The van der Waals surface area contributed by atoms with Gasteiger partial charge in [0.25, 0.3) is 0 Å². The molecule has 3 atom stereocenters. The van der Waals surface area contributed by atoms with Gasteiger partial charge in [0, 0.05) is 9.50 Å². The van der Waals surface area contributed by atoms with E-state index in [0.717, 1.165) is 34.7 Å². The van der Waals surface area contributed by atoms with Crippen LogP contribution in [0.4, 0.5) is 0 Å². The van der Waals surface area contributed by atoms with Gasteiger partial charge >= 0.3 is 0 Å². The van der Waals surface area contributed by atoms with Crippen LogP contribution in [-0.4, -0.2) is 6.10 Å². The number of hydrogen-bond acceptors (Lipinski definition) is 1. The minimum absolute atomic E-state index is 0.0103. The molecular formula is C19H18BrClO. The van der Waals surface area contributed by atoms with Gasteiger partial charge in [-0.25, -0.2) is 0 Å². The molecule has 0 spiro atoms. The van der Waals surface area contributed by atoms with Crippen molar-refractivity contribution in [1.29, 1.82) is 0 Å². The van der Waals surface area contributed by atoms with Crippen molar-refractivity contribution < 1.29 is 10.2 Å².